The van der Waals surface area contributed by atoms with Gasteiger partial charge in [-0.1, -0.05) is 0 Å². The minimum absolute atomic E-state index is 0.187. The number of amides is 1. The van der Waals surface area contributed by atoms with Crippen molar-refractivity contribution in [2.24, 2.45) is 0 Å². The molecular weight excluding hydrogens is 294 g/mol. The summed E-state index contributed by atoms with van der Waals surface area (Å²) < 4.78 is 5.50. The van der Waals surface area contributed by atoms with Crippen molar-refractivity contribution in [1.82, 2.24) is 4.90 Å². The van der Waals surface area contributed by atoms with Gasteiger partial charge in [0.15, 0.2) is 0 Å². The van der Waals surface area contributed by atoms with Crippen molar-refractivity contribution in [2.75, 3.05) is 11.9 Å². The second kappa shape index (κ2) is 7.16. The Bertz CT molecular complexity index is 615. The van der Waals surface area contributed by atoms with Crippen LogP contribution in [0.2, 0.25) is 0 Å². The molecule has 1 aromatic heterocycles. The number of nitriles is 1. The van der Waals surface area contributed by atoms with E-state index in [-0.39, 0.29) is 30.0 Å². The molecule has 3 atom stereocenters. The third-order valence-corrected chi connectivity index (χ3v) is 4.65. The molecule has 2 rings (SSSR count). The summed E-state index contributed by atoms with van der Waals surface area (Å²) in [6.45, 7) is 8.04. The van der Waals surface area contributed by atoms with Crippen molar-refractivity contribution >= 4 is 11.8 Å². The number of aliphatic hydroxyl groups excluding tert-OH is 1. The van der Waals surface area contributed by atoms with Crippen molar-refractivity contribution < 1.29 is 14.3 Å². The molecule has 0 saturated carbocycles. The lowest BCUT2D eigenvalue weighted by Gasteiger charge is -2.30. The van der Waals surface area contributed by atoms with Crippen LogP contribution in [0.1, 0.15) is 50.0 Å². The summed E-state index contributed by atoms with van der Waals surface area (Å²) in [7, 11) is 0. The van der Waals surface area contributed by atoms with Gasteiger partial charge in [0.2, 0.25) is 11.8 Å². The molecule has 1 aromatic rings. The van der Waals surface area contributed by atoms with Crippen molar-refractivity contribution in [3.8, 4) is 6.07 Å². The van der Waals surface area contributed by atoms with Gasteiger partial charge >= 0.3 is 0 Å². The quantitative estimate of drug-likeness (QED) is 0.869. The topological polar surface area (TPSA) is 89.5 Å². The average Bonchev–Trinajstić information content (AvgIpc) is 3.03. The van der Waals surface area contributed by atoms with Crippen LogP contribution in [0.5, 0.6) is 0 Å². The Morgan fingerprint density at radius 1 is 1.52 bits per heavy atom. The van der Waals surface area contributed by atoms with Gasteiger partial charge in [-0.15, -0.1) is 0 Å². The Morgan fingerprint density at radius 3 is 2.83 bits per heavy atom. The molecule has 1 aliphatic heterocycles. The molecule has 0 bridgehead atoms. The molecule has 3 unspecified atom stereocenters. The van der Waals surface area contributed by atoms with Gasteiger partial charge in [0, 0.05) is 11.6 Å². The van der Waals surface area contributed by atoms with E-state index in [4.69, 9.17) is 4.42 Å². The number of nitrogens with one attached hydrogen (secondary N) is 1. The molecule has 1 amide bonds. The molecule has 1 fully saturated rings. The summed E-state index contributed by atoms with van der Waals surface area (Å²) in [5.41, 5.74) is 1.13. The highest BCUT2D eigenvalue weighted by molar-refractivity contribution is 5.94. The Hall–Kier alpha value is -1.84. The number of carbonyl (C=O) groups excluding carboxylic acids is 1. The number of furan rings is 1. The molecule has 0 aromatic carbocycles. The predicted molar refractivity (Wildman–Crippen MR) is 87.0 cm³/mol. The van der Waals surface area contributed by atoms with Crippen LogP contribution in [-0.2, 0) is 4.79 Å². The number of likely N-dealkylation sites (tertiary alicyclic amines) is 1. The highest BCUT2D eigenvalue weighted by Gasteiger charge is 2.33. The average molecular weight is 319 g/mol. The van der Waals surface area contributed by atoms with Gasteiger partial charge in [0.25, 0.3) is 0 Å². The Kier molecular flexibility index (Phi) is 5.45. The lowest BCUT2D eigenvalue weighted by atomic mass is 10.1. The lowest BCUT2D eigenvalue weighted by molar-refractivity contribution is -0.121. The maximum Gasteiger partial charge on any atom is 0.243 e. The van der Waals surface area contributed by atoms with E-state index in [1.165, 1.54) is 0 Å². The van der Waals surface area contributed by atoms with Gasteiger partial charge in [0.05, 0.1) is 12.1 Å². The van der Waals surface area contributed by atoms with Crippen LogP contribution in [0.4, 0.5) is 5.88 Å². The standard InChI is InChI=1S/C17H25N3O3/c1-10(21)8-14-6-5-7-20(14)12(3)16(22)19-17-15(9-18)11(2)13(4)23-17/h10,12,14,21H,5-8H2,1-4H3,(H,19,22). The largest absolute Gasteiger partial charge is 0.444 e. The molecule has 2 heterocycles. The number of anilines is 1. The zero-order valence-electron chi connectivity index (χ0n) is 14.2. The van der Waals surface area contributed by atoms with Gasteiger partial charge in [0.1, 0.15) is 17.4 Å². The lowest BCUT2D eigenvalue weighted by Crippen LogP contribution is -2.45. The third kappa shape index (κ3) is 3.74. The monoisotopic (exact) mass is 319 g/mol. The zero-order chi connectivity index (χ0) is 17.1. The van der Waals surface area contributed by atoms with Crippen molar-refractivity contribution in [3.63, 3.8) is 0 Å². The minimum Gasteiger partial charge on any atom is -0.444 e. The molecule has 6 nitrogen and oxygen atoms in total. The van der Waals surface area contributed by atoms with E-state index >= 15 is 0 Å². The predicted octanol–water partition coefficient (Wildman–Crippen LogP) is 2.33. The molecule has 126 valence electrons. The summed E-state index contributed by atoms with van der Waals surface area (Å²) >= 11 is 0. The molecule has 1 aliphatic rings. The highest BCUT2D eigenvalue weighted by Crippen LogP contribution is 2.27. The number of rotatable bonds is 5. The first kappa shape index (κ1) is 17.5. The number of aliphatic hydroxyl groups is 1. The number of hydrogen-bond acceptors (Lipinski definition) is 5. The minimum atomic E-state index is -0.378. The first-order chi connectivity index (χ1) is 10.8. The van der Waals surface area contributed by atoms with Gasteiger partial charge in [-0.25, -0.2) is 0 Å². The van der Waals surface area contributed by atoms with E-state index < -0.39 is 0 Å². The number of aryl methyl sites for hydroxylation is 1. The van der Waals surface area contributed by atoms with E-state index in [9.17, 15) is 15.2 Å². The third-order valence-electron chi connectivity index (χ3n) is 4.65. The smallest absolute Gasteiger partial charge is 0.243 e. The van der Waals surface area contributed by atoms with Gasteiger partial charge in [-0.05, 0) is 53.5 Å². The van der Waals surface area contributed by atoms with Gasteiger partial charge in [-0.2, -0.15) is 5.26 Å². The van der Waals surface area contributed by atoms with E-state index in [1.807, 2.05) is 6.92 Å². The van der Waals surface area contributed by atoms with Crippen LogP contribution in [-0.4, -0.2) is 40.6 Å². The van der Waals surface area contributed by atoms with Crippen LogP contribution in [0.25, 0.3) is 0 Å². The maximum absolute atomic E-state index is 12.5. The van der Waals surface area contributed by atoms with Crippen LogP contribution >= 0.6 is 0 Å². The number of nitrogens with zero attached hydrogens (tertiary/aromatic N) is 2. The second-order valence-corrected chi connectivity index (χ2v) is 6.38. The number of carbonyl (C=O) groups is 1. The Balaban J connectivity index is 2.08. The van der Waals surface area contributed by atoms with Crippen LogP contribution in [0, 0.1) is 25.2 Å². The van der Waals surface area contributed by atoms with Crippen LogP contribution in [0.3, 0.4) is 0 Å². The highest BCUT2D eigenvalue weighted by atomic mass is 16.4. The SMILES string of the molecule is Cc1oc(NC(=O)C(C)N2CCCC2CC(C)O)c(C#N)c1C. The van der Waals surface area contributed by atoms with Gasteiger partial charge in [-0.3, -0.25) is 15.0 Å². The molecule has 0 spiro atoms. The molecule has 2 N–H and O–H groups in total. The summed E-state index contributed by atoms with van der Waals surface area (Å²) in [4.78, 5) is 14.7. The van der Waals surface area contributed by atoms with E-state index in [0.29, 0.717) is 17.7 Å². The fourth-order valence-electron chi connectivity index (χ4n) is 3.23. The molecule has 0 aliphatic carbocycles. The molecule has 23 heavy (non-hydrogen) atoms. The molecule has 0 radical (unpaired) electrons. The summed E-state index contributed by atoms with van der Waals surface area (Å²) in [5.74, 6) is 0.677. The zero-order valence-corrected chi connectivity index (χ0v) is 14.2. The maximum atomic E-state index is 12.5. The van der Waals surface area contributed by atoms with E-state index in [0.717, 1.165) is 24.9 Å². The molecular formula is C17H25N3O3. The fourth-order valence-corrected chi connectivity index (χ4v) is 3.23. The Labute approximate surface area is 137 Å². The van der Waals surface area contributed by atoms with Crippen molar-refractivity contribution in [2.45, 2.75) is 65.1 Å². The summed E-state index contributed by atoms with van der Waals surface area (Å²) in [5, 5.41) is 21.6. The molecule has 1 saturated heterocycles. The fraction of sp³-hybridized carbons (Fsp3) is 0.647. The van der Waals surface area contributed by atoms with Crippen LogP contribution < -0.4 is 5.32 Å². The van der Waals surface area contributed by atoms with Gasteiger partial charge < -0.3 is 9.52 Å². The van der Waals surface area contributed by atoms with Crippen molar-refractivity contribution in [1.29, 1.82) is 5.26 Å². The van der Waals surface area contributed by atoms with E-state index in [1.54, 1.807) is 20.8 Å². The number of hydrogen-bond donors (Lipinski definition) is 2. The normalized spacial score (nSPS) is 21.0. The summed E-state index contributed by atoms with van der Waals surface area (Å²) in [6, 6.07) is 1.96. The van der Waals surface area contributed by atoms with Crippen molar-refractivity contribution in [3.05, 3.63) is 16.9 Å². The Morgan fingerprint density at radius 2 is 2.22 bits per heavy atom. The first-order valence-corrected chi connectivity index (χ1v) is 8.09. The van der Waals surface area contributed by atoms with E-state index in [2.05, 4.69) is 16.3 Å². The first-order valence-electron chi connectivity index (χ1n) is 8.09. The second-order valence-electron chi connectivity index (χ2n) is 6.38. The van der Waals surface area contributed by atoms with Crippen LogP contribution in [0.15, 0.2) is 4.42 Å². The summed E-state index contributed by atoms with van der Waals surface area (Å²) in [6.07, 6.45) is 2.30. The molecule has 6 heteroatoms.